The van der Waals surface area contributed by atoms with Gasteiger partial charge in [-0.15, -0.1) is 0 Å². The van der Waals surface area contributed by atoms with Gasteiger partial charge in [-0.25, -0.2) is 4.98 Å². The van der Waals surface area contributed by atoms with Crippen molar-refractivity contribution < 1.29 is 22.7 Å². The second kappa shape index (κ2) is 4.82. The first-order chi connectivity index (χ1) is 7.40. The molecule has 0 aliphatic carbocycles. The maximum atomic E-state index is 11.8. The van der Waals surface area contributed by atoms with E-state index in [2.05, 4.69) is 4.98 Å². The van der Waals surface area contributed by atoms with Crippen molar-refractivity contribution in [3.8, 4) is 5.75 Å². The van der Waals surface area contributed by atoms with Gasteiger partial charge in [-0.1, -0.05) is 0 Å². The molecule has 0 aliphatic rings. The molecule has 7 heteroatoms. The third-order valence-corrected chi connectivity index (χ3v) is 1.65. The summed E-state index contributed by atoms with van der Waals surface area (Å²) in [5, 5.41) is 0. The van der Waals surface area contributed by atoms with Crippen LogP contribution in [-0.2, 0) is 0 Å². The van der Waals surface area contributed by atoms with Gasteiger partial charge in [0.2, 0.25) is 0 Å². The van der Waals surface area contributed by atoms with Crippen molar-refractivity contribution in [3.63, 3.8) is 0 Å². The molecule has 0 saturated carbocycles. The summed E-state index contributed by atoms with van der Waals surface area (Å²) >= 11 is 0. The highest BCUT2D eigenvalue weighted by Gasteiger charge is 2.27. The van der Waals surface area contributed by atoms with E-state index in [4.69, 9.17) is 10.5 Å². The minimum Gasteiger partial charge on any atom is -0.491 e. The highest BCUT2D eigenvalue weighted by Crippen LogP contribution is 2.21. The number of primary amides is 1. The summed E-state index contributed by atoms with van der Waals surface area (Å²) in [6, 6.07) is 2.78. The van der Waals surface area contributed by atoms with Crippen LogP contribution in [0.4, 0.5) is 13.2 Å². The van der Waals surface area contributed by atoms with Crippen molar-refractivity contribution in [1.29, 1.82) is 0 Å². The molecule has 0 atom stereocenters. The number of hydrogen-bond acceptors (Lipinski definition) is 3. The van der Waals surface area contributed by atoms with Gasteiger partial charge in [0, 0.05) is 6.20 Å². The van der Waals surface area contributed by atoms with Gasteiger partial charge in [-0.05, 0) is 12.1 Å². The summed E-state index contributed by atoms with van der Waals surface area (Å²) in [5.41, 5.74) is 4.79. The van der Waals surface area contributed by atoms with Crippen LogP contribution >= 0.6 is 0 Å². The molecule has 1 amide bonds. The van der Waals surface area contributed by atoms with Gasteiger partial charge in [0.1, 0.15) is 0 Å². The molecule has 4 nitrogen and oxygen atoms in total. The first kappa shape index (κ1) is 12.3. The van der Waals surface area contributed by atoms with Crippen LogP contribution in [0.5, 0.6) is 5.75 Å². The van der Waals surface area contributed by atoms with Crippen molar-refractivity contribution in [2.24, 2.45) is 5.73 Å². The van der Waals surface area contributed by atoms with E-state index in [1.165, 1.54) is 18.3 Å². The summed E-state index contributed by atoms with van der Waals surface area (Å²) in [6.07, 6.45) is -4.09. The van der Waals surface area contributed by atoms with Crippen LogP contribution in [0, 0.1) is 0 Å². The van der Waals surface area contributed by atoms with E-state index in [0.717, 1.165) is 0 Å². The third kappa shape index (κ3) is 3.76. The average Bonchev–Trinajstić information content (AvgIpc) is 2.16. The van der Waals surface area contributed by atoms with E-state index < -0.39 is 25.1 Å². The number of hydrogen-bond donors (Lipinski definition) is 1. The molecule has 1 aromatic rings. The normalized spacial score (nSPS) is 11.2. The number of rotatable bonds is 4. The molecule has 0 bridgehead atoms. The second-order valence-corrected chi connectivity index (χ2v) is 2.93. The fraction of sp³-hybridized carbons (Fsp3) is 0.333. The third-order valence-electron chi connectivity index (χ3n) is 1.65. The van der Waals surface area contributed by atoms with Crippen molar-refractivity contribution in [3.05, 3.63) is 24.0 Å². The Balaban J connectivity index is 2.64. The number of ether oxygens (including phenoxy) is 1. The molecule has 0 saturated heterocycles. The quantitative estimate of drug-likeness (QED) is 0.858. The highest BCUT2D eigenvalue weighted by atomic mass is 19.4. The number of nitrogens with two attached hydrogens (primary N) is 1. The summed E-state index contributed by atoms with van der Waals surface area (Å²) in [5.74, 6) is -0.887. The maximum absolute atomic E-state index is 11.8. The predicted octanol–water partition coefficient (Wildman–Crippen LogP) is 1.51. The molecular formula is C9H9F3N2O2. The predicted molar refractivity (Wildman–Crippen MR) is 48.9 cm³/mol. The molecule has 1 heterocycles. The standard InChI is InChI=1S/C9H9F3N2O2/c10-9(11,12)3-5-16-6-2-1-4-14-7(6)8(13)15/h1-2,4H,3,5H2,(H2,13,15). The molecule has 0 aromatic carbocycles. The van der Waals surface area contributed by atoms with E-state index >= 15 is 0 Å². The average molecular weight is 234 g/mol. The molecule has 1 rings (SSSR count). The summed E-state index contributed by atoms with van der Waals surface area (Å²) < 4.78 is 40.3. The van der Waals surface area contributed by atoms with Crippen LogP contribution in [0.2, 0.25) is 0 Å². The number of alkyl halides is 3. The molecule has 0 fully saturated rings. The van der Waals surface area contributed by atoms with Crippen LogP contribution in [0.1, 0.15) is 16.9 Å². The van der Waals surface area contributed by atoms with Gasteiger partial charge in [-0.2, -0.15) is 13.2 Å². The largest absolute Gasteiger partial charge is 0.491 e. The topological polar surface area (TPSA) is 65.2 Å². The number of amides is 1. The Labute approximate surface area is 89.2 Å². The summed E-state index contributed by atoms with van der Waals surface area (Å²) in [7, 11) is 0. The highest BCUT2D eigenvalue weighted by molar-refractivity contribution is 5.93. The number of halogens is 3. The Morgan fingerprint density at radius 1 is 1.50 bits per heavy atom. The molecule has 1 aromatic heterocycles. The van der Waals surface area contributed by atoms with Crippen molar-refractivity contribution in [2.45, 2.75) is 12.6 Å². The van der Waals surface area contributed by atoms with Crippen LogP contribution in [0.15, 0.2) is 18.3 Å². The molecule has 0 unspecified atom stereocenters. The van der Waals surface area contributed by atoms with Crippen molar-refractivity contribution in [2.75, 3.05) is 6.61 Å². The first-order valence-corrected chi connectivity index (χ1v) is 4.34. The molecule has 88 valence electrons. The van der Waals surface area contributed by atoms with Crippen LogP contribution in [0.25, 0.3) is 0 Å². The summed E-state index contributed by atoms with van der Waals surface area (Å²) in [4.78, 5) is 14.5. The fourth-order valence-corrected chi connectivity index (χ4v) is 0.969. The Kier molecular flexibility index (Phi) is 3.70. The van der Waals surface area contributed by atoms with Gasteiger partial charge in [-0.3, -0.25) is 4.79 Å². The Morgan fingerprint density at radius 3 is 2.75 bits per heavy atom. The lowest BCUT2D eigenvalue weighted by Gasteiger charge is -2.09. The van der Waals surface area contributed by atoms with Crippen molar-refractivity contribution in [1.82, 2.24) is 4.98 Å². The number of aromatic nitrogens is 1. The van der Waals surface area contributed by atoms with Crippen molar-refractivity contribution >= 4 is 5.91 Å². The van der Waals surface area contributed by atoms with E-state index in [0.29, 0.717) is 0 Å². The van der Waals surface area contributed by atoms with E-state index in [9.17, 15) is 18.0 Å². The minimum absolute atomic E-state index is 0.0424. The Bertz CT molecular complexity index is 379. The second-order valence-electron chi connectivity index (χ2n) is 2.93. The SMILES string of the molecule is NC(=O)c1ncccc1OCCC(F)(F)F. The van der Waals surface area contributed by atoms with Gasteiger partial charge in [0.05, 0.1) is 13.0 Å². The lowest BCUT2D eigenvalue weighted by atomic mass is 10.3. The lowest BCUT2D eigenvalue weighted by molar-refractivity contribution is -0.139. The smallest absolute Gasteiger partial charge is 0.392 e. The number of carbonyl (C=O) groups is 1. The zero-order chi connectivity index (χ0) is 12.2. The van der Waals surface area contributed by atoms with Crippen LogP contribution in [0.3, 0.4) is 0 Å². The number of pyridine rings is 1. The molecular weight excluding hydrogens is 225 g/mol. The molecule has 0 spiro atoms. The Hall–Kier alpha value is -1.79. The Morgan fingerprint density at radius 2 is 2.19 bits per heavy atom. The minimum atomic E-state index is -4.30. The van der Waals surface area contributed by atoms with Gasteiger partial charge in [0.15, 0.2) is 11.4 Å². The van der Waals surface area contributed by atoms with Gasteiger partial charge < -0.3 is 10.5 Å². The monoisotopic (exact) mass is 234 g/mol. The number of nitrogens with zero attached hydrogens (tertiary/aromatic N) is 1. The van der Waals surface area contributed by atoms with E-state index in [1.807, 2.05) is 0 Å². The first-order valence-electron chi connectivity index (χ1n) is 4.34. The zero-order valence-corrected chi connectivity index (χ0v) is 8.12. The van der Waals surface area contributed by atoms with Crippen LogP contribution in [-0.4, -0.2) is 23.7 Å². The molecule has 16 heavy (non-hydrogen) atoms. The molecule has 0 aliphatic heterocycles. The maximum Gasteiger partial charge on any atom is 0.392 e. The zero-order valence-electron chi connectivity index (χ0n) is 8.12. The van der Waals surface area contributed by atoms with E-state index in [1.54, 1.807) is 0 Å². The molecule has 2 N–H and O–H groups in total. The lowest BCUT2D eigenvalue weighted by Crippen LogP contribution is -2.17. The summed E-state index contributed by atoms with van der Waals surface area (Å²) in [6.45, 7) is -0.574. The van der Waals surface area contributed by atoms with Gasteiger partial charge >= 0.3 is 6.18 Å². The van der Waals surface area contributed by atoms with E-state index in [-0.39, 0.29) is 11.4 Å². The van der Waals surface area contributed by atoms with Crippen LogP contribution < -0.4 is 10.5 Å². The number of carbonyl (C=O) groups excluding carboxylic acids is 1. The molecule has 0 radical (unpaired) electrons. The fourth-order valence-electron chi connectivity index (χ4n) is 0.969. The van der Waals surface area contributed by atoms with Gasteiger partial charge in [0.25, 0.3) is 5.91 Å².